The molecule has 1 heterocycles. The molecule has 1 unspecified atom stereocenters. The molecular formula is C12H19ClN2O3S. The molecule has 0 aromatic heterocycles. The zero-order chi connectivity index (χ0) is 13.3. The van der Waals surface area contributed by atoms with E-state index in [-0.39, 0.29) is 18.4 Å². The van der Waals surface area contributed by atoms with E-state index in [9.17, 15) is 8.42 Å². The molecule has 108 valence electrons. The maximum absolute atomic E-state index is 12.4. The van der Waals surface area contributed by atoms with Crippen molar-refractivity contribution in [2.75, 3.05) is 20.2 Å². The van der Waals surface area contributed by atoms with Crippen LogP contribution in [0, 0.1) is 6.92 Å². The number of hydrogen-bond acceptors (Lipinski definition) is 4. The lowest BCUT2D eigenvalue weighted by atomic mass is 10.2. The van der Waals surface area contributed by atoms with Crippen LogP contribution in [0.3, 0.4) is 0 Å². The third kappa shape index (κ3) is 3.20. The van der Waals surface area contributed by atoms with Crippen molar-refractivity contribution in [2.24, 2.45) is 5.73 Å². The van der Waals surface area contributed by atoms with Gasteiger partial charge in [0.05, 0.1) is 12.0 Å². The van der Waals surface area contributed by atoms with Gasteiger partial charge >= 0.3 is 0 Å². The molecule has 1 aliphatic heterocycles. The highest BCUT2D eigenvalue weighted by Crippen LogP contribution is 2.25. The lowest BCUT2D eigenvalue weighted by Crippen LogP contribution is -2.32. The van der Waals surface area contributed by atoms with Crippen LogP contribution in [0.25, 0.3) is 0 Å². The van der Waals surface area contributed by atoms with Crippen LogP contribution in [0.4, 0.5) is 0 Å². The predicted octanol–water partition coefficient (Wildman–Crippen LogP) is 1.15. The van der Waals surface area contributed by atoms with E-state index in [1.54, 1.807) is 25.3 Å². The van der Waals surface area contributed by atoms with E-state index in [0.29, 0.717) is 30.2 Å². The van der Waals surface area contributed by atoms with Crippen LogP contribution in [0.1, 0.15) is 12.0 Å². The first-order chi connectivity index (χ1) is 8.45. The van der Waals surface area contributed by atoms with Gasteiger partial charge in [-0.05, 0) is 37.1 Å². The van der Waals surface area contributed by atoms with Gasteiger partial charge in [-0.1, -0.05) is 0 Å². The van der Waals surface area contributed by atoms with Crippen molar-refractivity contribution in [3.05, 3.63) is 23.8 Å². The number of rotatable bonds is 3. The van der Waals surface area contributed by atoms with Crippen molar-refractivity contribution in [2.45, 2.75) is 24.3 Å². The van der Waals surface area contributed by atoms with Gasteiger partial charge in [-0.2, -0.15) is 4.31 Å². The average Bonchev–Trinajstić information content (AvgIpc) is 2.76. The minimum absolute atomic E-state index is 0. The molecule has 2 N–H and O–H groups in total. The van der Waals surface area contributed by atoms with Crippen LogP contribution < -0.4 is 10.5 Å². The van der Waals surface area contributed by atoms with E-state index < -0.39 is 10.0 Å². The Hall–Kier alpha value is -0.820. The van der Waals surface area contributed by atoms with E-state index in [0.717, 1.165) is 5.56 Å². The lowest BCUT2D eigenvalue weighted by molar-refractivity contribution is 0.411. The molecule has 0 bridgehead atoms. The molecule has 5 nitrogen and oxygen atoms in total. The summed E-state index contributed by atoms with van der Waals surface area (Å²) < 4.78 is 31.3. The molecular weight excluding hydrogens is 288 g/mol. The molecule has 1 fully saturated rings. The molecule has 0 amide bonds. The van der Waals surface area contributed by atoms with Crippen LogP contribution in [-0.4, -0.2) is 39.0 Å². The van der Waals surface area contributed by atoms with Gasteiger partial charge in [0.15, 0.2) is 0 Å². The second-order valence-electron chi connectivity index (χ2n) is 4.54. The Kier molecular flexibility index (Phi) is 5.20. The van der Waals surface area contributed by atoms with E-state index in [1.807, 2.05) is 6.92 Å². The van der Waals surface area contributed by atoms with Crippen LogP contribution in [0.2, 0.25) is 0 Å². The molecule has 0 aliphatic carbocycles. The summed E-state index contributed by atoms with van der Waals surface area (Å²) in [4.78, 5) is 0.301. The van der Waals surface area contributed by atoms with Crippen molar-refractivity contribution in [3.8, 4) is 5.75 Å². The van der Waals surface area contributed by atoms with Crippen LogP contribution >= 0.6 is 12.4 Å². The van der Waals surface area contributed by atoms with E-state index in [2.05, 4.69) is 0 Å². The SMILES string of the molecule is COc1ccc(S(=O)(=O)N2CCC(N)C2)cc1C.Cl. The predicted molar refractivity (Wildman–Crippen MR) is 76.3 cm³/mol. The molecule has 1 aliphatic rings. The zero-order valence-corrected chi connectivity index (χ0v) is 12.6. The number of hydrogen-bond donors (Lipinski definition) is 1. The largest absolute Gasteiger partial charge is 0.496 e. The second-order valence-corrected chi connectivity index (χ2v) is 6.48. The fraction of sp³-hybridized carbons (Fsp3) is 0.500. The number of sulfonamides is 1. The fourth-order valence-corrected chi connectivity index (χ4v) is 3.73. The second kappa shape index (κ2) is 6.09. The van der Waals surface area contributed by atoms with Crippen molar-refractivity contribution < 1.29 is 13.2 Å². The Labute approximate surface area is 120 Å². The monoisotopic (exact) mass is 306 g/mol. The van der Waals surface area contributed by atoms with Crippen LogP contribution in [-0.2, 0) is 10.0 Å². The van der Waals surface area contributed by atoms with Crippen molar-refractivity contribution in [3.63, 3.8) is 0 Å². The normalized spacial score (nSPS) is 20.1. The van der Waals surface area contributed by atoms with Crippen molar-refractivity contribution >= 4 is 22.4 Å². The van der Waals surface area contributed by atoms with E-state index in [4.69, 9.17) is 10.5 Å². The number of halogens is 1. The summed E-state index contributed by atoms with van der Waals surface area (Å²) in [7, 11) is -1.86. The highest BCUT2D eigenvalue weighted by atomic mass is 35.5. The molecule has 1 atom stereocenters. The summed E-state index contributed by atoms with van der Waals surface area (Å²) in [5.74, 6) is 0.687. The number of methoxy groups -OCH3 is 1. The van der Waals surface area contributed by atoms with Gasteiger partial charge in [-0.3, -0.25) is 0 Å². The van der Waals surface area contributed by atoms with Gasteiger partial charge in [0.25, 0.3) is 0 Å². The minimum atomic E-state index is -3.42. The van der Waals surface area contributed by atoms with Gasteiger partial charge in [0.2, 0.25) is 10.0 Å². The molecule has 0 spiro atoms. The first-order valence-corrected chi connectivity index (χ1v) is 7.29. The Balaban J connectivity index is 0.00000180. The minimum Gasteiger partial charge on any atom is -0.496 e. The van der Waals surface area contributed by atoms with Gasteiger partial charge in [-0.25, -0.2) is 8.42 Å². The van der Waals surface area contributed by atoms with Gasteiger partial charge in [-0.15, -0.1) is 12.4 Å². The Morgan fingerprint density at radius 2 is 2.11 bits per heavy atom. The highest BCUT2D eigenvalue weighted by Gasteiger charge is 2.31. The third-order valence-corrected chi connectivity index (χ3v) is 5.05. The topological polar surface area (TPSA) is 72.6 Å². The summed E-state index contributed by atoms with van der Waals surface area (Å²) >= 11 is 0. The summed E-state index contributed by atoms with van der Waals surface area (Å²) in [6, 6.07) is 4.83. The zero-order valence-electron chi connectivity index (χ0n) is 11.0. The number of aryl methyl sites for hydroxylation is 1. The Morgan fingerprint density at radius 1 is 1.42 bits per heavy atom. The standard InChI is InChI=1S/C12H18N2O3S.ClH/c1-9-7-11(3-4-12(9)17-2)18(15,16)14-6-5-10(13)8-14;/h3-4,7,10H,5-6,8,13H2,1-2H3;1H. The van der Waals surface area contributed by atoms with E-state index >= 15 is 0 Å². The van der Waals surface area contributed by atoms with Crippen LogP contribution in [0.5, 0.6) is 5.75 Å². The molecule has 1 aromatic carbocycles. The average molecular weight is 307 g/mol. The van der Waals surface area contributed by atoms with Gasteiger partial charge in [0, 0.05) is 19.1 Å². The van der Waals surface area contributed by atoms with Crippen LogP contribution in [0.15, 0.2) is 23.1 Å². The summed E-state index contributed by atoms with van der Waals surface area (Å²) in [5.41, 5.74) is 6.56. The molecule has 1 aromatic rings. The highest BCUT2D eigenvalue weighted by molar-refractivity contribution is 7.89. The van der Waals surface area contributed by atoms with Gasteiger partial charge < -0.3 is 10.5 Å². The Bertz CT molecular complexity index is 548. The molecule has 1 saturated heterocycles. The summed E-state index contributed by atoms with van der Waals surface area (Å²) in [5, 5.41) is 0. The summed E-state index contributed by atoms with van der Waals surface area (Å²) in [6.07, 6.45) is 0.717. The quantitative estimate of drug-likeness (QED) is 0.909. The molecule has 19 heavy (non-hydrogen) atoms. The Morgan fingerprint density at radius 3 is 2.58 bits per heavy atom. The first-order valence-electron chi connectivity index (χ1n) is 5.85. The molecule has 7 heteroatoms. The number of ether oxygens (including phenoxy) is 1. The summed E-state index contributed by atoms with van der Waals surface area (Å²) in [6.45, 7) is 2.72. The third-order valence-electron chi connectivity index (χ3n) is 3.19. The molecule has 2 rings (SSSR count). The first kappa shape index (κ1) is 16.2. The van der Waals surface area contributed by atoms with E-state index in [1.165, 1.54) is 4.31 Å². The van der Waals surface area contributed by atoms with Crippen molar-refractivity contribution in [1.29, 1.82) is 0 Å². The number of benzene rings is 1. The number of nitrogens with two attached hydrogens (primary N) is 1. The molecule has 0 saturated carbocycles. The smallest absolute Gasteiger partial charge is 0.243 e. The maximum Gasteiger partial charge on any atom is 0.243 e. The van der Waals surface area contributed by atoms with Gasteiger partial charge in [0.1, 0.15) is 5.75 Å². The number of nitrogens with zero attached hydrogens (tertiary/aromatic N) is 1. The maximum atomic E-state index is 12.4. The van der Waals surface area contributed by atoms with Crippen molar-refractivity contribution in [1.82, 2.24) is 4.31 Å². The molecule has 0 radical (unpaired) electrons. The fourth-order valence-electron chi connectivity index (χ4n) is 2.13. The lowest BCUT2D eigenvalue weighted by Gasteiger charge is -2.16.